The molecule has 10 heteroatoms. The van der Waals surface area contributed by atoms with Crippen LogP contribution in [0.5, 0.6) is 0 Å². The second kappa shape index (κ2) is 7.37. The van der Waals surface area contributed by atoms with Crippen molar-refractivity contribution in [2.24, 2.45) is 0 Å². The molecular formula is C16H18F3N3O3S. The van der Waals surface area contributed by atoms with Crippen molar-refractivity contribution in [3.63, 3.8) is 0 Å². The van der Waals surface area contributed by atoms with E-state index in [-0.39, 0.29) is 12.3 Å². The number of nitrogens with zero attached hydrogens (tertiary/aromatic N) is 2. The van der Waals surface area contributed by atoms with Gasteiger partial charge in [0, 0.05) is 24.2 Å². The van der Waals surface area contributed by atoms with Gasteiger partial charge in [-0.25, -0.2) is 13.1 Å². The van der Waals surface area contributed by atoms with Gasteiger partial charge in [-0.2, -0.15) is 18.3 Å². The highest BCUT2D eigenvalue weighted by atomic mass is 32.2. The van der Waals surface area contributed by atoms with Gasteiger partial charge < -0.3 is 4.74 Å². The maximum absolute atomic E-state index is 12.5. The summed E-state index contributed by atoms with van der Waals surface area (Å²) in [5, 5.41) is 4.23. The molecule has 142 valence electrons. The number of alkyl halides is 3. The van der Waals surface area contributed by atoms with E-state index < -0.39 is 21.8 Å². The van der Waals surface area contributed by atoms with Gasteiger partial charge in [0.2, 0.25) is 10.0 Å². The van der Waals surface area contributed by atoms with E-state index in [9.17, 15) is 21.6 Å². The topological polar surface area (TPSA) is 73.2 Å². The third-order valence-electron chi connectivity index (χ3n) is 4.06. The van der Waals surface area contributed by atoms with Crippen LogP contribution in [0.25, 0.3) is 0 Å². The maximum atomic E-state index is 12.5. The van der Waals surface area contributed by atoms with Crippen molar-refractivity contribution in [2.45, 2.75) is 31.5 Å². The Morgan fingerprint density at radius 2 is 1.96 bits per heavy atom. The van der Waals surface area contributed by atoms with Crippen LogP contribution in [-0.2, 0) is 46.3 Å². The van der Waals surface area contributed by atoms with Crippen molar-refractivity contribution in [3.05, 3.63) is 52.8 Å². The third kappa shape index (κ3) is 4.63. The minimum Gasteiger partial charge on any atom is -0.376 e. The fourth-order valence-electron chi connectivity index (χ4n) is 2.77. The lowest BCUT2D eigenvalue weighted by Crippen LogP contribution is -2.29. The number of sulfonamides is 1. The molecule has 1 aromatic heterocycles. The van der Waals surface area contributed by atoms with Crippen molar-refractivity contribution >= 4 is 10.0 Å². The van der Waals surface area contributed by atoms with Gasteiger partial charge in [-0.1, -0.05) is 12.1 Å². The number of ether oxygens (including phenoxy) is 1. The maximum Gasteiger partial charge on any atom is 0.416 e. The second-order valence-electron chi connectivity index (χ2n) is 5.99. The minimum atomic E-state index is -4.44. The van der Waals surface area contributed by atoms with Crippen LogP contribution < -0.4 is 4.72 Å². The van der Waals surface area contributed by atoms with E-state index in [2.05, 4.69) is 9.82 Å². The Morgan fingerprint density at radius 1 is 1.23 bits per heavy atom. The summed E-state index contributed by atoms with van der Waals surface area (Å²) in [5.41, 5.74) is 1.53. The Morgan fingerprint density at radius 3 is 2.65 bits per heavy atom. The van der Waals surface area contributed by atoms with E-state index in [4.69, 9.17) is 4.74 Å². The highest BCUT2D eigenvalue weighted by Gasteiger charge is 2.30. The summed E-state index contributed by atoms with van der Waals surface area (Å²) in [6.07, 6.45) is -2.00. The largest absolute Gasteiger partial charge is 0.416 e. The predicted octanol–water partition coefficient (Wildman–Crippen LogP) is 2.09. The average Bonchev–Trinajstić information content (AvgIpc) is 2.97. The molecule has 26 heavy (non-hydrogen) atoms. The second-order valence-corrected chi connectivity index (χ2v) is 7.80. The van der Waals surface area contributed by atoms with Crippen LogP contribution in [0, 0.1) is 0 Å². The quantitative estimate of drug-likeness (QED) is 0.821. The Balaban J connectivity index is 1.55. The van der Waals surface area contributed by atoms with E-state index >= 15 is 0 Å². The number of benzene rings is 1. The molecule has 2 heterocycles. The lowest BCUT2D eigenvalue weighted by Gasteiger charge is -2.15. The summed E-state index contributed by atoms with van der Waals surface area (Å²) in [5.74, 6) is -0.379. The lowest BCUT2D eigenvalue weighted by molar-refractivity contribution is -0.137. The van der Waals surface area contributed by atoms with Crippen LogP contribution in [-0.4, -0.2) is 31.3 Å². The van der Waals surface area contributed by atoms with Crippen LogP contribution >= 0.6 is 0 Å². The lowest BCUT2D eigenvalue weighted by atomic mass is 10.1. The van der Waals surface area contributed by atoms with Gasteiger partial charge in [0.15, 0.2) is 0 Å². The Kier molecular flexibility index (Phi) is 5.35. The summed E-state index contributed by atoms with van der Waals surface area (Å²) in [4.78, 5) is 0. The first kappa shape index (κ1) is 18.9. The Labute approximate surface area is 149 Å². The zero-order valence-corrected chi connectivity index (χ0v) is 14.6. The van der Waals surface area contributed by atoms with E-state index in [0.717, 1.165) is 29.8 Å². The number of nitrogens with one attached hydrogen (secondary N) is 1. The van der Waals surface area contributed by atoms with E-state index in [1.807, 2.05) is 0 Å². The molecule has 2 aromatic rings. The molecule has 0 saturated carbocycles. The van der Waals surface area contributed by atoms with Crippen molar-refractivity contribution in [1.82, 2.24) is 14.5 Å². The SMILES string of the molecule is O=S(=O)(Cc1ccc(C(F)(F)F)cc1)NCCn1ncc2c1CCOC2. The number of fused-ring (bicyclic) bond motifs is 1. The zero-order valence-electron chi connectivity index (χ0n) is 13.8. The highest BCUT2D eigenvalue weighted by Crippen LogP contribution is 2.29. The monoisotopic (exact) mass is 389 g/mol. The molecule has 1 N–H and O–H groups in total. The number of aromatic nitrogens is 2. The summed E-state index contributed by atoms with van der Waals surface area (Å²) in [6.45, 7) is 1.65. The molecule has 6 nitrogen and oxygen atoms in total. The summed E-state index contributed by atoms with van der Waals surface area (Å²) in [6, 6.07) is 4.10. The minimum absolute atomic E-state index is 0.151. The van der Waals surface area contributed by atoms with Gasteiger partial charge in [0.25, 0.3) is 0 Å². The van der Waals surface area contributed by atoms with Gasteiger partial charge in [-0.05, 0) is 17.7 Å². The van der Waals surface area contributed by atoms with E-state index in [1.165, 1.54) is 12.1 Å². The summed E-state index contributed by atoms with van der Waals surface area (Å²) in [7, 11) is -3.65. The first-order valence-electron chi connectivity index (χ1n) is 7.99. The van der Waals surface area contributed by atoms with Crippen LogP contribution in [0.2, 0.25) is 0 Å². The van der Waals surface area contributed by atoms with Crippen LogP contribution in [0.3, 0.4) is 0 Å². The zero-order chi connectivity index (χ0) is 18.8. The van der Waals surface area contributed by atoms with Gasteiger partial charge in [0.05, 0.1) is 37.3 Å². The normalized spacial score (nSPS) is 15.0. The van der Waals surface area contributed by atoms with Crippen molar-refractivity contribution in [2.75, 3.05) is 13.2 Å². The molecule has 0 atom stereocenters. The van der Waals surface area contributed by atoms with Gasteiger partial charge >= 0.3 is 6.18 Å². The Bertz CT molecular complexity index is 861. The smallest absolute Gasteiger partial charge is 0.376 e. The molecule has 0 saturated heterocycles. The molecule has 0 aliphatic carbocycles. The summed E-state index contributed by atoms with van der Waals surface area (Å²) >= 11 is 0. The van der Waals surface area contributed by atoms with Gasteiger partial charge in [-0.15, -0.1) is 0 Å². The van der Waals surface area contributed by atoms with E-state index in [0.29, 0.717) is 25.3 Å². The third-order valence-corrected chi connectivity index (χ3v) is 5.42. The molecule has 3 rings (SSSR count). The molecule has 0 fully saturated rings. The van der Waals surface area contributed by atoms with Gasteiger partial charge in [0.1, 0.15) is 0 Å². The van der Waals surface area contributed by atoms with Crippen molar-refractivity contribution in [1.29, 1.82) is 0 Å². The van der Waals surface area contributed by atoms with E-state index in [1.54, 1.807) is 10.9 Å². The number of hydrogen-bond acceptors (Lipinski definition) is 4. The molecule has 0 unspecified atom stereocenters. The standard InChI is InChI=1S/C16H18F3N3O3S/c17-16(18,19)14-3-1-12(2-4-14)11-26(23,24)21-6-7-22-15-5-8-25-10-13(15)9-20-22/h1-4,9,21H,5-8,10-11H2. The molecule has 0 radical (unpaired) electrons. The molecule has 0 bridgehead atoms. The van der Waals surface area contributed by atoms with Crippen LogP contribution in [0.4, 0.5) is 13.2 Å². The van der Waals surface area contributed by atoms with Crippen LogP contribution in [0.15, 0.2) is 30.5 Å². The fourth-order valence-corrected chi connectivity index (χ4v) is 3.91. The number of halogens is 3. The molecule has 0 amide bonds. The molecule has 1 aromatic carbocycles. The first-order valence-corrected chi connectivity index (χ1v) is 9.64. The molecule has 0 spiro atoms. The fraction of sp³-hybridized carbons (Fsp3) is 0.438. The Hall–Kier alpha value is -1.91. The average molecular weight is 389 g/mol. The molecule has 1 aliphatic rings. The summed E-state index contributed by atoms with van der Waals surface area (Å²) < 4.78 is 71.4. The number of hydrogen-bond donors (Lipinski definition) is 1. The number of rotatable bonds is 6. The molecule has 1 aliphatic heterocycles. The molecular weight excluding hydrogens is 371 g/mol. The van der Waals surface area contributed by atoms with Crippen LogP contribution in [0.1, 0.15) is 22.4 Å². The predicted molar refractivity (Wildman–Crippen MR) is 87.7 cm³/mol. The van der Waals surface area contributed by atoms with Gasteiger partial charge in [-0.3, -0.25) is 4.68 Å². The van der Waals surface area contributed by atoms with Crippen molar-refractivity contribution < 1.29 is 26.3 Å². The first-order chi connectivity index (χ1) is 12.2. The van der Waals surface area contributed by atoms with Crippen molar-refractivity contribution in [3.8, 4) is 0 Å². The highest BCUT2D eigenvalue weighted by molar-refractivity contribution is 7.88.